The summed E-state index contributed by atoms with van der Waals surface area (Å²) in [6.45, 7) is 2.90. The molecule has 1 saturated heterocycles. The number of hydrogen-bond donors (Lipinski definition) is 1. The molecule has 5 nitrogen and oxygen atoms in total. The summed E-state index contributed by atoms with van der Waals surface area (Å²) in [5.74, 6) is -0.165. The maximum Gasteiger partial charge on any atom is 0.234 e. The number of benzene rings is 1. The molecule has 1 atom stereocenters. The first-order valence-electron chi connectivity index (χ1n) is 9.43. The van der Waals surface area contributed by atoms with Gasteiger partial charge in [-0.05, 0) is 56.0 Å². The van der Waals surface area contributed by atoms with Crippen LogP contribution in [0.1, 0.15) is 31.2 Å². The Hall–Kier alpha value is -2.21. The van der Waals surface area contributed by atoms with Crippen LogP contribution in [0, 0.1) is 5.82 Å². The van der Waals surface area contributed by atoms with Gasteiger partial charge in [-0.1, -0.05) is 18.6 Å². The molecule has 2 heterocycles. The fourth-order valence-electron chi connectivity index (χ4n) is 3.55. The minimum atomic E-state index is -0.232. The number of hydrogen-bond acceptors (Lipinski definition) is 3. The molecule has 6 heteroatoms. The van der Waals surface area contributed by atoms with E-state index in [4.69, 9.17) is 0 Å². The highest BCUT2D eigenvalue weighted by Crippen LogP contribution is 2.19. The molecular formula is C20H27FN4O. The fraction of sp³-hybridized carbons (Fsp3) is 0.500. The Morgan fingerprint density at radius 3 is 2.88 bits per heavy atom. The van der Waals surface area contributed by atoms with Crippen LogP contribution in [-0.2, 0) is 17.8 Å². The second-order valence-electron chi connectivity index (χ2n) is 6.90. The van der Waals surface area contributed by atoms with Gasteiger partial charge in [0.05, 0.1) is 6.54 Å². The standard InChI is InChI=1S/C20H27FN4O/c21-18-7-5-17(6-8-18)9-12-22-20(26)16-24-13-2-1-4-19(24)10-15-25-14-3-11-23-25/h3,5-8,11,14,19H,1-2,4,9-10,12-13,15-16H2,(H,22,26). The van der Waals surface area contributed by atoms with Gasteiger partial charge in [-0.25, -0.2) is 4.39 Å². The molecule has 0 radical (unpaired) electrons. The molecule has 1 aromatic carbocycles. The van der Waals surface area contributed by atoms with Crippen LogP contribution in [0.25, 0.3) is 0 Å². The number of nitrogens with zero attached hydrogens (tertiary/aromatic N) is 3. The molecule has 0 bridgehead atoms. The van der Waals surface area contributed by atoms with E-state index in [9.17, 15) is 9.18 Å². The van der Waals surface area contributed by atoms with E-state index in [0.29, 0.717) is 19.1 Å². The zero-order valence-corrected chi connectivity index (χ0v) is 15.1. The van der Waals surface area contributed by atoms with Crippen LogP contribution < -0.4 is 5.32 Å². The van der Waals surface area contributed by atoms with Gasteiger partial charge in [0.2, 0.25) is 5.91 Å². The quantitative estimate of drug-likeness (QED) is 0.789. The van der Waals surface area contributed by atoms with Gasteiger partial charge in [-0.3, -0.25) is 14.4 Å². The summed E-state index contributed by atoms with van der Waals surface area (Å²) >= 11 is 0. The number of nitrogens with one attached hydrogen (secondary N) is 1. The third-order valence-electron chi connectivity index (χ3n) is 5.00. The van der Waals surface area contributed by atoms with Crippen LogP contribution in [0.5, 0.6) is 0 Å². The Labute approximate surface area is 154 Å². The summed E-state index contributed by atoms with van der Waals surface area (Å²) in [7, 11) is 0. The van der Waals surface area contributed by atoms with Gasteiger partial charge in [-0.15, -0.1) is 0 Å². The van der Waals surface area contributed by atoms with Gasteiger partial charge in [0.25, 0.3) is 0 Å². The molecule has 0 aliphatic carbocycles. The summed E-state index contributed by atoms with van der Waals surface area (Å²) in [5.41, 5.74) is 1.03. The molecule has 1 aliphatic heterocycles. The van der Waals surface area contributed by atoms with E-state index in [1.54, 1.807) is 18.3 Å². The predicted molar refractivity (Wildman–Crippen MR) is 99.2 cm³/mol. The highest BCUT2D eigenvalue weighted by atomic mass is 19.1. The van der Waals surface area contributed by atoms with Gasteiger partial charge in [0.15, 0.2) is 0 Å². The van der Waals surface area contributed by atoms with Crippen LogP contribution >= 0.6 is 0 Å². The van der Waals surface area contributed by atoms with Crippen molar-refractivity contribution < 1.29 is 9.18 Å². The smallest absolute Gasteiger partial charge is 0.234 e. The third kappa shape index (κ3) is 5.66. The molecule has 1 unspecified atom stereocenters. The zero-order valence-electron chi connectivity index (χ0n) is 15.1. The average Bonchev–Trinajstić information content (AvgIpc) is 3.16. The van der Waals surface area contributed by atoms with E-state index in [1.807, 2.05) is 16.9 Å². The molecule has 140 valence electrons. The van der Waals surface area contributed by atoms with E-state index < -0.39 is 0 Å². The van der Waals surface area contributed by atoms with Crippen LogP contribution in [0.4, 0.5) is 4.39 Å². The number of rotatable bonds is 8. The predicted octanol–water partition coefficient (Wildman–Crippen LogP) is 2.63. The van der Waals surface area contributed by atoms with Crippen molar-refractivity contribution in [3.05, 3.63) is 54.1 Å². The first kappa shape index (κ1) is 18.6. The van der Waals surface area contributed by atoms with Gasteiger partial charge < -0.3 is 5.32 Å². The molecule has 0 saturated carbocycles. The monoisotopic (exact) mass is 358 g/mol. The summed E-state index contributed by atoms with van der Waals surface area (Å²) in [6.07, 6.45) is 9.04. The number of amides is 1. The third-order valence-corrected chi connectivity index (χ3v) is 5.00. The summed E-state index contributed by atoms with van der Waals surface area (Å²) in [5, 5.41) is 7.25. The number of aryl methyl sites for hydroxylation is 1. The van der Waals surface area contributed by atoms with Crippen molar-refractivity contribution >= 4 is 5.91 Å². The first-order chi connectivity index (χ1) is 12.7. The SMILES string of the molecule is O=C(CN1CCCCC1CCn1cccn1)NCCc1ccc(F)cc1. The van der Waals surface area contributed by atoms with Crippen molar-refractivity contribution in [1.82, 2.24) is 20.0 Å². The molecule has 1 fully saturated rings. The van der Waals surface area contributed by atoms with Gasteiger partial charge in [0, 0.05) is 31.5 Å². The van der Waals surface area contributed by atoms with E-state index in [1.165, 1.54) is 18.6 Å². The number of carbonyl (C=O) groups excluding carboxylic acids is 1. The van der Waals surface area contributed by atoms with E-state index in [2.05, 4.69) is 15.3 Å². The summed E-state index contributed by atoms with van der Waals surface area (Å²) in [6, 6.07) is 8.81. The number of likely N-dealkylation sites (tertiary alicyclic amines) is 1. The molecular weight excluding hydrogens is 331 g/mol. The minimum Gasteiger partial charge on any atom is -0.355 e. The maximum absolute atomic E-state index is 12.9. The molecule has 1 aliphatic rings. The minimum absolute atomic E-state index is 0.0677. The molecule has 2 aromatic rings. The first-order valence-corrected chi connectivity index (χ1v) is 9.43. The molecule has 26 heavy (non-hydrogen) atoms. The Morgan fingerprint density at radius 2 is 2.12 bits per heavy atom. The second kappa shape index (κ2) is 9.48. The average molecular weight is 358 g/mol. The topological polar surface area (TPSA) is 50.2 Å². The zero-order chi connectivity index (χ0) is 18.2. The van der Waals surface area contributed by atoms with Crippen LogP contribution in [-0.4, -0.2) is 46.3 Å². The lowest BCUT2D eigenvalue weighted by molar-refractivity contribution is -0.123. The lowest BCUT2D eigenvalue weighted by Gasteiger charge is -2.35. The van der Waals surface area contributed by atoms with Crippen LogP contribution in [0.15, 0.2) is 42.7 Å². The Balaban J connectivity index is 1.41. The van der Waals surface area contributed by atoms with E-state index in [0.717, 1.165) is 44.3 Å². The van der Waals surface area contributed by atoms with Crippen LogP contribution in [0.3, 0.4) is 0 Å². The van der Waals surface area contributed by atoms with Crippen molar-refractivity contribution in [3.8, 4) is 0 Å². The van der Waals surface area contributed by atoms with Crippen molar-refractivity contribution in [2.24, 2.45) is 0 Å². The lowest BCUT2D eigenvalue weighted by Crippen LogP contribution is -2.46. The van der Waals surface area contributed by atoms with Crippen molar-refractivity contribution in [3.63, 3.8) is 0 Å². The molecule has 0 spiro atoms. The number of piperidine rings is 1. The largest absolute Gasteiger partial charge is 0.355 e. The highest BCUT2D eigenvalue weighted by molar-refractivity contribution is 5.78. The number of aromatic nitrogens is 2. The second-order valence-corrected chi connectivity index (χ2v) is 6.90. The van der Waals surface area contributed by atoms with Crippen LogP contribution in [0.2, 0.25) is 0 Å². The normalized spacial score (nSPS) is 18.0. The number of halogens is 1. The highest BCUT2D eigenvalue weighted by Gasteiger charge is 2.24. The van der Waals surface area contributed by atoms with E-state index >= 15 is 0 Å². The van der Waals surface area contributed by atoms with Crippen molar-refractivity contribution in [2.45, 2.75) is 44.7 Å². The Morgan fingerprint density at radius 1 is 1.27 bits per heavy atom. The summed E-state index contributed by atoms with van der Waals surface area (Å²) in [4.78, 5) is 14.6. The molecule has 3 rings (SSSR count). The van der Waals surface area contributed by atoms with Crippen molar-refractivity contribution in [2.75, 3.05) is 19.6 Å². The van der Waals surface area contributed by atoms with Gasteiger partial charge >= 0.3 is 0 Å². The summed E-state index contributed by atoms with van der Waals surface area (Å²) < 4.78 is 14.9. The van der Waals surface area contributed by atoms with Gasteiger partial charge in [0.1, 0.15) is 5.82 Å². The van der Waals surface area contributed by atoms with E-state index in [-0.39, 0.29) is 11.7 Å². The lowest BCUT2D eigenvalue weighted by atomic mass is 9.99. The molecule has 1 aromatic heterocycles. The van der Waals surface area contributed by atoms with Gasteiger partial charge in [-0.2, -0.15) is 5.10 Å². The molecule has 1 amide bonds. The Kier molecular flexibility index (Phi) is 6.77. The Bertz CT molecular complexity index is 672. The van der Waals surface area contributed by atoms with Crippen molar-refractivity contribution in [1.29, 1.82) is 0 Å². The molecule has 1 N–H and O–H groups in total. The maximum atomic E-state index is 12.9. The number of carbonyl (C=O) groups is 1. The fourth-order valence-corrected chi connectivity index (χ4v) is 3.55.